The predicted octanol–water partition coefficient (Wildman–Crippen LogP) is 1.13. The molecule has 1 atom stereocenters. The van der Waals surface area contributed by atoms with E-state index in [4.69, 9.17) is 9.57 Å². The lowest BCUT2D eigenvalue weighted by Crippen LogP contribution is -2.43. The summed E-state index contributed by atoms with van der Waals surface area (Å²) >= 11 is 0. The van der Waals surface area contributed by atoms with Gasteiger partial charge in [-0.3, -0.25) is 0 Å². The van der Waals surface area contributed by atoms with Gasteiger partial charge < -0.3 is 9.57 Å². The van der Waals surface area contributed by atoms with Crippen LogP contribution in [0.1, 0.15) is 20.3 Å². The molecule has 0 spiro atoms. The second kappa shape index (κ2) is 5.12. The molecule has 1 heterocycles. The van der Waals surface area contributed by atoms with Crippen molar-refractivity contribution in [1.82, 2.24) is 5.06 Å². The van der Waals surface area contributed by atoms with Crippen molar-refractivity contribution in [3.05, 3.63) is 12.2 Å². The number of morpholine rings is 1. The standard InChI is InChI=1S/C10H17NO3/c1-4-9-7-11(5-6-13-9)14-10(12)8(2)3/h9H,2,4-7H2,1,3H3. The molecule has 1 saturated heterocycles. The zero-order valence-corrected chi connectivity index (χ0v) is 8.78. The van der Waals surface area contributed by atoms with Gasteiger partial charge in [-0.1, -0.05) is 13.5 Å². The highest BCUT2D eigenvalue weighted by Crippen LogP contribution is 2.09. The second-order valence-corrected chi connectivity index (χ2v) is 3.45. The van der Waals surface area contributed by atoms with Crippen LogP contribution < -0.4 is 0 Å². The van der Waals surface area contributed by atoms with Crippen molar-refractivity contribution >= 4 is 5.97 Å². The van der Waals surface area contributed by atoms with Crippen LogP contribution in [0.3, 0.4) is 0 Å². The van der Waals surface area contributed by atoms with Crippen LogP contribution in [0.2, 0.25) is 0 Å². The average molecular weight is 199 g/mol. The lowest BCUT2D eigenvalue weighted by molar-refractivity contribution is -0.211. The molecule has 0 amide bonds. The van der Waals surface area contributed by atoms with Gasteiger partial charge in [0.05, 0.1) is 25.8 Å². The number of carbonyl (C=O) groups excluding carboxylic acids is 1. The minimum atomic E-state index is -0.359. The summed E-state index contributed by atoms with van der Waals surface area (Å²) in [6.45, 7) is 9.11. The first-order valence-corrected chi connectivity index (χ1v) is 4.87. The van der Waals surface area contributed by atoms with Crippen molar-refractivity contribution < 1.29 is 14.4 Å². The van der Waals surface area contributed by atoms with Crippen LogP contribution in [0.4, 0.5) is 0 Å². The largest absolute Gasteiger partial charge is 0.375 e. The highest BCUT2D eigenvalue weighted by Gasteiger charge is 2.22. The van der Waals surface area contributed by atoms with E-state index in [1.54, 1.807) is 12.0 Å². The molecule has 0 aromatic rings. The van der Waals surface area contributed by atoms with Crippen molar-refractivity contribution in [3.63, 3.8) is 0 Å². The van der Waals surface area contributed by atoms with E-state index in [1.165, 1.54) is 0 Å². The quantitative estimate of drug-likeness (QED) is 0.639. The molecular formula is C10H17NO3. The maximum absolute atomic E-state index is 11.2. The molecule has 4 heteroatoms. The first kappa shape index (κ1) is 11.2. The van der Waals surface area contributed by atoms with Crippen LogP contribution in [-0.4, -0.2) is 36.8 Å². The van der Waals surface area contributed by atoms with Gasteiger partial charge in [0.25, 0.3) is 0 Å². The molecule has 80 valence electrons. The summed E-state index contributed by atoms with van der Waals surface area (Å²) in [6, 6.07) is 0. The van der Waals surface area contributed by atoms with Gasteiger partial charge in [-0.15, -0.1) is 5.06 Å². The number of carbonyl (C=O) groups is 1. The van der Waals surface area contributed by atoms with Crippen LogP contribution >= 0.6 is 0 Å². The third-order valence-electron chi connectivity index (χ3n) is 2.12. The zero-order chi connectivity index (χ0) is 10.6. The van der Waals surface area contributed by atoms with Crippen molar-refractivity contribution in [2.24, 2.45) is 0 Å². The zero-order valence-electron chi connectivity index (χ0n) is 8.78. The van der Waals surface area contributed by atoms with E-state index in [0.29, 0.717) is 25.3 Å². The fourth-order valence-corrected chi connectivity index (χ4v) is 1.22. The number of nitrogens with zero attached hydrogens (tertiary/aromatic N) is 1. The normalized spacial score (nSPS) is 23.1. The Labute approximate surface area is 84.4 Å². The number of hydrogen-bond acceptors (Lipinski definition) is 4. The molecule has 0 aliphatic carbocycles. The van der Waals surface area contributed by atoms with Gasteiger partial charge in [0.2, 0.25) is 0 Å². The van der Waals surface area contributed by atoms with Crippen LogP contribution in [0, 0.1) is 0 Å². The van der Waals surface area contributed by atoms with Crippen molar-refractivity contribution in [3.8, 4) is 0 Å². The molecule has 0 N–H and O–H groups in total. The fourth-order valence-electron chi connectivity index (χ4n) is 1.22. The van der Waals surface area contributed by atoms with E-state index >= 15 is 0 Å². The average Bonchev–Trinajstić information content (AvgIpc) is 2.18. The summed E-state index contributed by atoms with van der Waals surface area (Å²) in [5.41, 5.74) is 0.421. The Morgan fingerprint density at radius 3 is 3.00 bits per heavy atom. The van der Waals surface area contributed by atoms with Gasteiger partial charge in [-0.2, -0.15) is 0 Å². The van der Waals surface area contributed by atoms with Crippen LogP contribution in [0.25, 0.3) is 0 Å². The number of hydrogen-bond donors (Lipinski definition) is 0. The van der Waals surface area contributed by atoms with E-state index in [9.17, 15) is 4.79 Å². The number of ether oxygens (including phenoxy) is 1. The Hall–Kier alpha value is -0.870. The lowest BCUT2D eigenvalue weighted by atomic mass is 10.2. The molecule has 1 rings (SSSR count). The number of hydroxylamine groups is 2. The summed E-state index contributed by atoms with van der Waals surface area (Å²) in [4.78, 5) is 16.3. The van der Waals surface area contributed by atoms with Gasteiger partial charge in [-0.25, -0.2) is 4.79 Å². The number of rotatable bonds is 3. The van der Waals surface area contributed by atoms with E-state index in [2.05, 4.69) is 13.5 Å². The van der Waals surface area contributed by atoms with Crippen LogP contribution in [0.15, 0.2) is 12.2 Å². The van der Waals surface area contributed by atoms with E-state index in [-0.39, 0.29) is 12.1 Å². The minimum absolute atomic E-state index is 0.168. The maximum Gasteiger partial charge on any atom is 0.352 e. The first-order valence-electron chi connectivity index (χ1n) is 4.87. The first-order chi connectivity index (χ1) is 6.63. The second-order valence-electron chi connectivity index (χ2n) is 3.45. The van der Waals surface area contributed by atoms with E-state index in [1.807, 2.05) is 0 Å². The molecule has 4 nitrogen and oxygen atoms in total. The van der Waals surface area contributed by atoms with Gasteiger partial charge in [-0.05, 0) is 13.3 Å². The Morgan fingerprint density at radius 1 is 1.71 bits per heavy atom. The molecule has 14 heavy (non-hydrogen) atoms. The van der Waals surface area contributed by atoms with E-state index < -0.39 is 0 Å². The van der Waals surface area contributed by atoms with Gasteiger partial charge >= 0.3 is 5.97 Å². The van der Waals surface area contributed by atoms with Crippen LogP contribution in [-0.2, 0) is 14.4 Å². The van der Waals surface area contributed by atoms with Crippen molar-refractivity contribution in [2.75, 3.05) is 19.7 Å². The monoisotopic (exact) mass is 199 g/mol. The molecule has 1 unspecified atom stereocenters. The lowest BCUT2D eigenvalue weighted by Gasteiger charge is -2.30. The fraction of sp³-hybridized carbons (Fsp3) is 0.700. The predicted molar refractivity (Wildman–Crippen MR) is 52.5 cm³/mol. The third-order valence-corrected chi connectivity index (χ3v) is 2.12. The highest BCUT2D eigenvalue weighted by atomic mass is 16.7. The maximum atomic E-state index is 11.2. The molecule has 1 aliphatic heterocycles. The topological polar surface area (TPSA) is 38.8 Å². The molecule has 0 aromatic carbocycles. The molecule has 1 fully saturated rings. The highest BCUT2D eigenvalue weighted by molar-refractivity contribution is 5.86. The Morgan fingerprint density at radius 2 is 2.43 bits per heavy atom. The Balaban J connectivity index is 2.37. The Bertz CT molecular complexity index is 227. The Kier molecular flexibility index (Phi) is 4.10. The molecule has 0 bridgehead atoms. The summed E-state index contributed by atoms with van der Waals surface area (Å²) < 4.78 is 5.44. The summed E-state index contributed by atoms with van der Waals surface area (Å²) in [7, 11) is 0. The van der Waals surface area contributed by atoms with Gasteiger partial charge in [0.15, 0.2) is 0 Å². The summed E-state index contributed by atoms with van der Waals surface area (Å²) in [5.74, 6) is -0.359. The van der Waals surface area contributed by atoms with Crippen LogP contribution in [0.5, 0.6) is 0 Å². The van der Waals surface area contributed by atoms with E-state index in [0.717, 1.165) is 6.42 Å². The third kappa shape index (κ3) is 3.12. The summed E-state index contributed by atoms with van der Waals surface area (Å²) in [6.07, 6.45) is 1.10. The summed E-state index contributed by atoms with van der Waals surface area (Å²) in [5, 5.41) is 1.65. The smallest absolute Gasteiger partial charge is 0.352 e. The van der Waals surface area contributed by atoms with Gasteiger partial charge in [0, 0.05) is 5.57 Å². The molecule has 0 aromatic heterocycles. The molecule has 1 aliphatic rings. The van der Waals surface area contributed by atoms with Gasteiger partial charge in [0.1, 0.15) is 0 Å². The van der Waals surface area contributed by atoms with Crippen molar-refractivity contribution in [2.45, 2.75) is 26.4 Å². The molecular weight excluding hydrogens is 182 g/mol. The minimum Gasteiger partial charge on any atom is -0.375 e. The SMILES string of the molecule is C=C(C)C(=O)ON1CCOC(CC)C1. The van der Waals surface area contributed by atoms with Crippen molar-refractivity contribution in [1.29, 1.82) is 0 Å². The molecule has 0 saturated carbocycles. The molecule has 0 radical (unpaired) electrons.